The van der Waals surface area contributed by atoms with Crippen LogP contribution in [-0.2, 0) is 4.74 Å². The lowest BCUT2D eigenvalue weighted by molar-refractivity contribution is 0.0600. The van der Waals surface area contributed by atoms with E-state index in [2.05, 4.69) is 4.74 Å². The lowest BCUT2D eigenvalue weighted by Crippen LogP contribution is -2.05. The molecule has 0 spiro atoms. The van der Waals surface area contributed by atoms with Gasteiger partial charge in [-0.2, -0.15) is 0 Å². The molecule has 0 radical (unpaired) electrons. The van der Waals surface area contributed by atoms with Crippen molar-refractivity contribution in [3.05, 3.63) is 23.8 Å². The van der Waals surface area contributed by atoms with Crippen LogP contribution in [-0.4, -0.2) is 26.3 Å². The van der Waals surface area contributed by atoms with Crippen molar-refractivity contribution in [1.82, 2.24) is 0 Å². The molecule has 0 heterocycles. The molecule has 0 saturated heterocycles. The van der Waals surface area contributed by atoms with Crippen LogP contribution in [0.3, 0.4) is 0 Å². The minimum atomic E-state index is -0.376. The summed E-state index contributed by atoms with van der Waals surface area (Å²) in [7, 11) is 1.36. The number of hydrogen-bond donors (Lipinski definition) is 0. The van der Waals surface area contributed by atoms with Crippen molar-refractivity contribution in [3.8, 4) is 11.5 Å². The van der Waals surface area contributed by atoms with Gasteiger partial charge >= 0.3 is 5.97 Å². The van der Waals surface area contributed by atoms with Crippen molar-refractivity contribution < 1.29 is 19.0 Å². The van der Waals surface area contributed by atoms with E-state index in [1.54, 1.807) is 18.2 Å². The molecule has 0 aliphatic rings. The van der Waals surface area contributed by atoms with Gasteiger partial charge in [0.05, 0.1) is 25.9 Å². The van der Waals surface area contributed by atoms with Gasteiger partial charge in [0.2, 0.25) is 0 Å². The fraction of sp³-hybridized carbons (Fsp3) is 0.500. The molecule has 0 aliphatic carbocycles. The van der Waals surface area contributed by atoms with E-state index in [0.717, 1.165) is 12.8 Å². The molecule has 18 heavy (non-hydrogen) atoms. The van der Waals surface area contributed by atoms with E-state index in [4.69, 9.17) is 9.47 Å². The zero-order valence-electron chi connectivity index (χ0n) is 11.2. The number of carbonyl (C=O) groups is 1. The first kappa shape index (κ1) is 14.4. The fourth-order valence-corrected chi connectivity index (χ4v) is 1.41. The minimum absolute atomic E-state index is 0.376. The van der Waals surface area contributed by atoms with Crippen molar-refractivity contribution >= 4 is 5.97 Å². The van der Waals surface area contributed by atoms with Crippen LogP contribution in [0.4, 0.5) is 0 Å². The van der Waals surface area contributed by atoms with E-state index in [0.29, 0.717) is 30.3 Å². The SMILES string of the molecule is CCCOc1ccc(C(=O)OC)cc1OCCC. The maximum atomic E-state index is 11.4. The average molecular weight is 252 g/mol. The Morgan fingerprint density at radius 1 is 1.06 bits per heavy atom. The fourth-order valence-electron chi connectivity index (χ4n) is 1.41. The monoisotopic (exact) mass is 252 g/mol. The third-order valence-corrected chi connectivity index (χ3v) is 2.29. The summed E-state index contributed by atoms with van der Waals surface area (Å²) in [5, 5.41) is 0. The summed E-state index contributed by atoms with van der Waals surface area (Å²) in [6, 6.07) is 5.08. The van der Waals surface area contributed by atoms with Crippen molar-refractivity contribution in [2.24, 2.45) is 0 Å². The zero-order chi connectivity index (χ0) is 13.4. The van der Waals surface area contributed by atoms with Crippen LogP contribution in [0, 0.1) is 0 Å². The van der Waals surface area contributed by atoms with Gasteiger partial charge in [0.15, 0.2) is 11.5 Å². The summed E-state index contributed by atoms with van der Waals surface area (Å²) in [6.07, 6.45) is 1.82. The first-order valence-electron chi connectivity index (χ1n) is 6.20. The van der Waals surface area contributed by atoms with Crippen LogP contribution in [0.2, 0.25) is 0 Å². The molecule has 100 valence electrons. The molecule has 0 aliphatic heterocycles. The van der Waals surface area contributed by atoms with Crippen molar-refractivity contribution in [2.45, 2.75) is 26.7 Å². The van der Waals surface area contributed by atoms with Crippen LogP contribution < -0.4 is 9.47 Å². The third kappa shape index (κ3) is 3.95. The first-order chi connectivity index (χ1) is 8.72. The van der Waals surface area contributed by atoms with Crippen molar-refractivity contribution in [1.29, 1.82) is 0 Å². The normalized spacial score (nSPS) is 9.94. The highest BCUT2D eigenvalue weighted by Gasteiger charge is 2.11. The van der Waals surface area contributed by atoms with Crippen LogP contribution in [0.15, 0.2) is 18.2 Å². The number of rotatable bonds is 7. The lowest BCUT2D eigenvalue weighted by atomic mass is 10.2. The molecule has 0 fully saturated rings. The van der Waals surface area contributed by atoms with Gasteiger partial charge in [-0.25, -0.2) is 4.79 Å². The Kier molecular flexibility index (Phi) is 6.05. The van der Waals surface area contributed by atoms with Crippen molar-refractivity contribution in [2.75, 3.05) is 20.3 Å². The highest BCUT2D eigenvalue weighted by molar-refractivity contribution is 5.90. The molecule has 0 N–H and O–H groups in total. The molecule has 0 amide bonds. The second kappa shape index (κ2) is 7.58. The van der Waals surface area contributed by atoms with Gasteiger partial charge in [0.1, 0.15) is 0 Å². The number of esters is 1. The Bertz CT molecular complexity index is 387. The molecule has 4 nitrogen and oxygen atoms in total. The standard InChI is InChI=1S/C14H20O4/c1-4-8-17-12-7-6-11(14(15)16-3)10-13(12)18-9-5-2/h6-7,10H,4-5,8-9H2,1-3H3. The van der Waals surface area contributed by atoms with Gasteiger partial charge in [0.25, 0.3) is 0 Å². The quantitative estimate of drug-likeness (QED) is 0.700. The van der Waals surface area contributed by atoms with Gasteiger partial charge < -0.3 is 14.2 Å². The zero-order valence-corrected chi connectivity index (χ0v) is 11.2. The maximum Gasteiger partial charge on any atom is 0.337 e. The number of carbonyl (C=O) groups excluding carboxylic acids is 1. The Morgan fingerprint density at radius 2 is 1.67 bits per heavy atom. The molecule has 1 aromatic rings. The van der Waals surface area contributed by atoms with E-state index >= 15 is 0 Å². The summed E-state index contributed by atoms with van der Waals surface area (Å²) in [6.45, 7) is 5.28. The largest absolute Gasteiger partial charge is 0.490 e. The smallest absolute Gasteiger partial charge is 0.337 e. The molecule has 0 saturated carbocycles. The summed E-state index contributed by atoms with van der Waals surface area (Å²) < 4.78 is 15.8. The highest BCUT2D eigenvalue weighted by atomic mass is 16.5. The molecular formula is C14H20O4. The second-order valence-electron chi connectivity index (χ2n) is 3.85. The number of methoxy groups -OCH3 is 1. The van der Waals surface area contributed by atoms with E-state index < -0.39 is 0 Å². The molecule has 0 unspecified atom stereocenters. The van der Waals surface area contributed by atoms with Crippen LogP contribution in [0.5, 0.6) is 11.5 Å². The molecule has 0 aromatic heterocycles. The Morgan fingerprint density at radius 3 is 2.22 bits per heavy atom. The average Bonchev–Trinajstić information content (AvgIpc) is 2.42. The number of benzene rings is 1. The van der Waals surface area contributed by atoms with E-state index in [1.807, 2.05) is 13.8 Å². The summed E-state index contributed by atoms with van der Waals surface area (Å²) >= 11 is 0. The minimum Gasteiger partial charge on any atom is -0.490 e. The summed E-state index contributed by atoms with van der Waals surface area (Å²) in [5.74, 6) is 0.879. The van der Waals surface area contributed by atoms with E-state index in [9.17, 15) is 4.79 Å². The van der Waals surface area contributed by atoms with Crippen LogP contribution in [0.1, 0.15) is 37.0 Å². The van der Waals surface area contributed by atoms with Gasteiger partial charge in [-0.05, 0) is 31.0 Å². The molecule has 0 atom stereocenters. The number of ether oxygens (including phenoxy) is 3. The summed E-state index contributed by atoms with van der Waals surface area (Å²) in [5.41, 5.74) is 0.465. The van der Waals surface area contributed by atoms with Crippen LogP contribution in [0.25, 0.3) is 0 Å². The van der Waals surface area contributed by atoms with E-state index in [1.165, 1.54) is 7.11 Å². The van der Waals surface area contributed by atoms with E-state index in [-0.39, 0.29) is 5.97 Å². The van der Waals surface area contributed by atoms with Gasteiger partial charge in [0, 0.05) is 0 Å². The van der Waals surface area contributed by atoms with Gasteiger partial charge in [-0.3, -0.25) is 0 Å². The molecular weight excluding hydrogens is 232 g/mol. The predicted octanol–water partition coefficient (Wildman–Crippen LogP) is 3.05. The van der Waals surface area contributed by atoms with Crippen LogP contribution >= 0.6 is 0 Å². The topological polar surface area (TPSA) is 44.8 Å². The molecule has 1 rings (SSSR count). The number of hydrogen-bond acceptors (Lipinski definition) is 4. The predicted molar refractivity (Wildman–Crippen MR) is 69.4 cm³/mol. The first-order valence-corrected chi connectivity index (χ1v) is 6.20. The Labute approximate surface area is 108 Å². The molecule has 4 heteroatoms. The Hall–Kier alpha value is -1.71. The third-order valence-electron chi connectivity index (χ3n) is 2.29. The summed E-state index contributed by atoms with van der Waals surface area (Å²) in [4.78, 5) is 11.4. The highest BCUT2D eigenvalue weighted by Crippen LogP contribution is 2.29. The van der Waals surface area contributed by atoms with Crippen molar-refractivity contribution in [3.63, 3.8) is 0 Å². The Balaban J connectivity index is 2.92. The lowest BCUT2D eigenvalue weighted by Gasteiger charge is -2.12. The molecule has 0 bridgehead atoms. The van der Waals surface area contributed by atoms with Gasteiger partial charge in [-0.15, -0.1) is 0 Å². The van der Waals surface area contributed by atoms with Gasteiger partial charge in [-0.1, -0.05) is 13.8 Å². The maximum absolute atomic E-state index is 11.4. The second-order valence-corrected chi connectivity index (χ2v) is 3.85. The molecule has 1 aromatic carbocycles.